The van der Waals surface area contributed by atoms with Crippen LogP contribution in [0.4, 0.5) is 5.69 Å². The SMILES string of the molecule is CCc1nc2ccccc2n1CC(=O)Nc1ccc(CC(=O)N(C)C)cc1. The van der Waals surface area contributed by atoms with E-state index in [1.54, 1.807) is 19.0 Å². The molecule has 1 N–H and O–H groups in total. The molecule has 27 heavy (non-hydrogen) atoms. The number of anilines is 1. The molecule has 0 aliphatic heterocycles. The van der Waals surface area contributed by atoms with Gasteiger partial charge in [-0.25, -0.2) is 4.98 Å². The number of nitrogens with zero attached hydrogens (tertiary/aromatic N) is 3. The molecule has 0 saturated heterocycles. The van der Waals surface area contributed by atoms with Crippen LogP contribution in [0.1, 0.15) is 18.3 Å². The summed E-state index contributed by atoms with van der Waals surface area (Å²) in [5.74, 6) is 0.833. The summed E-state index contributed by atoms with van der Waals surface area (Å²) in [6.07, 6.45) is 1.11. The first-order chi connectivity index (χ1) is 13.0. The first-order valence-corrected chi connectivity index (χ1v) is 9.01. The van der Waals surface area contributed by atoms with Gasteiger partial charge < -0.3 is 14.8 Å². The molecule has 0 aliphatic carbocycles. The molecule has 0 unspecified atom stereocenters. The number of hydrogen-bond acceptors (Lipinski definition) is 3. The maximum Gasteiger partial charge on any atom is 0.244 e. The number of benzene rings is 2. The number of rotatable bonds is 6. The summed E-state index contributed by atoms with van der Waals surface area (Å²) in [5, 5.41) is 2.92. The van der Waals surface area contributed by atoms with Crippen molar-refractivity contribution in [1.29, 1.82) is 0 Å². The second-order valence-electron chi connectivity index (χ2n) is 6.67. The Balaban J connectivity index is 1.69. The van der Waals surface area contributed by atoms with Crippen LogP contribution in [0.25, 0.3) is 11.0 Å². The first-order valence-electron chi connectivity index (χ1n) is 9.01. The summed E-state index contributed by atoms with van der Waals surface area (Å²) in [7, 11) is 3.47. The lowest BCUT2D eigenvalue weighted by Gasteiger charge is -2.11. The smallest absolute Gasteiger partial charge is 0.244 e. The Labute approximate surface area is 158 Å². The van der Waals surface area contributed by atoms with Gasteiger partial charge in [-0.05, 0) is 29.8 Å². The Hall–Kier alpha value is -3.15. The zero-order chi connectivity index (χ0) is 19.4. The molecule has 0 atom stereocenters. The second-order valence-corrected chi connectivity index (χ2v) is 6.67. The third-order valence-electron chi connectivity index (χ3n) is 4.44. The van der Waals surface area contributed by atoms with Gasteiger partial charge in [-0.2, -0.15) is 0 Å². The topological polar surface area (TPSA) is 67.2 Å². The Kier molecular flexibility index (Phi) is 5.54. The quantitative estimate of drug-likeness (QED) is 0.731. The predicted molar refractivity (Wildman–Crippen MR) is 107 cm³/mol. The second kappa shape index (κ2) is 8.03. The van der Waals surface area contributed by atoms with Gasteiger partial charge in [0.25, 0.3) is 0 Å². The van der Waals surface area contributed by atoms with E-state index in [4.69, 9.17) is 0 Å². The molecule has 0 fully saturated rings. The molecule has 140 valence electrons. The normalized spacial score (nSPS) is 10.8. The van der Waals surface area contributed by atoms with E-state index in [1.807, 2.05) is 60.0 Å². The summed E-state index contributed by atoms with van der Waals surface area (Å²) < 4.78 is 1.95. The number of amides is 2. The number of carbonyl (C=O) groups excluding carboxylic acids is 2. The van der Waals surface area contributed by atoms with Crippen molar-refractivity contribution in [3.05, 3.63) is 59.9 Å². The number of nitrogens with one attached hydrogen (secondary N) is 1. The van der Waals surface area contributed by atoms with Gasteiger partial charge in [0.1, 0.15) is 12.4 Å². The fourth-order valence-electron chi connectivity index (χ4n) is 2.95. The first kappa shape index (κ1) is 18.6. The number of carbonyl (C=O) groups is 2. The van der Waals surface area contributed by atoms with Crippen LogP contribution in [-0.2, 0) is 29.0 Å². The molecular formula is C21H24N4O2. The van der Waals surface area contributed by atoms with Crippen LogP contribution in [0.15, 0.2) is 48.5 Å². The molecule has 0 saturated carbocycles. The van der Waals surface area contributed by atoms with Crippen LogP contribution in [0.3, 0.4) is 0 Å². The van der Waals surface area contributed by atoms with Gasteiger partial charge in [0.15, 0.2) is 0 Å². The molecule has 0 radical (unpaired) electrons. The maximum absolute atomic E-state index is 12.5. The average Bonchev–Trinajstić information content (AvgIpc) is 3.01. The lowest BCUT2D eigenvalue weighted by Crippen LogP contribution is -2.23. The number of imidazole rings is 1. The number of fused-ring (bicyclic) bond motifs is 1. The largest absolute Gasteiger partial charge is 0.349 e. The third-order valence-corrected chi connectivity index (χ3v) is 4.44. The van der Waals surface area contributed by atoms with E-state index < -0.39 is 0 Å². The zero-order valence-electron chi connectivity index (χ0n) is 15.9. The van der Waals surface area contributed by atoms with Crippen LogP contribution in [0, 0.1) is 0 Å². The molecule has 1 heterocycles. The van der Waals surface area contributed by atoms with Gasteiger partial charge in [0, 0.05) is 26.2 Å². The molecule has 0 bridgehead atoms. The predicted octanol–water partition coefficient (Wildman–Crippen LogP) is 2.87. The molecular weight excluding hydrogens is 340 g/mol. The van der Waals surface area contributed by atoms with E-state index in [0.29, 0.717) is 12.1 Å². The molecule has 3 rings (SSSR count). The van der Waals surface area contributed by atoms with Crippen LogP contribution < -0.4 is 5.32 Å². The number of aryl methyl sites for hydroxylation is 1. The van der Waals surface area contributed by atoms with Crippen molar-refractivity contribution in [2.45, 2.75) is 26.3 Å². The Morgan fingerprint density at radius 3 is 2.44 bits per heavy atom. The minimum atomic E-state index is -0.107. The highest BCUT2D eigenvalue weighted by molar-refractivity contribution is 5.91. The monoisotopic (exact) mass is 364 g/mol. The highest BCUT2D eigenvalue weighted by Crippen LogP contribution is 2.17. The lowest BCUT2D eigenvalue weighted by molar-refractivity contribution is -0.128. The molecule has 6 heteroatoms. The number of hydrogen-bond donors (Lipinski definition) is 1. The standard InChI is InChI=1S/C21H24N4O2/c1-4-19-23-17-7-5-6-8-18(17)25(19)14-20(26)22-16-11-9-15(10-12-16)13-21(27)24(2)3/h5-12H,4,13-14H2,1-3H3,(H,22,26). The third kappa shape index (κ3) is 4.34. The Morgan fingerprint density at radius 2 is 1.78 bits per heavy atom. The van der Waals surface area contributed by atoms with E-state index in [9.17, 15) is 9.59 Å². The van der Waals surface area contributed by atoms with Crippen LogP contribution in [0.5, 0.6) is 0 Å². The average molecular weight is 364 g/mol. The van der Waals surface area contributed by atoms with E-state index >= 15 is 0 Å². The van der Waals surface area contributed by atoms with Crippen molar-refractivity contribution in [2.75, 3.05) is 19.4 Å². The molecule has 0 aliphatic rings. The fraction of sp³-hybridized carbons (Fsp3) is 0.286. The summed E-state index contributed by atoms with van der Waals surface area (Å²) in [6, 6.07) is 15.2. The highest BCUT2D eigenvalue weighted by atomic mass is 16.2. The summed E-state index contributed by atoms with van der Waals surface area (Å²) >= 11 is 0. The van der Waals surface area contributed by atoms with Crippen LogP contribution in [-0.4, -0.2) is 40.4 Å². The van der Waals surface area contributed by atoms with Crippen molar-refractivity contribution in [3.63, 3.8) is 0 Å². The molecule has 3 aromatic rings. The van der Waals surface area contributed by atoms with Gasteiger partial charge in [-0.1, -0.05) is 31.2 Å². The number of aromatic nitrogens is 2. The molecule has 2 aromatic carbocycles. The van der Waals surface area contributed by atoms with Crippen molar-refractivity contribution < 1.29 is 9.59 Å². The van der Waals surface area contributed by atoms with E-state index in [1.165, 1.54) is 0 Å². The van der Waals surface area contributed by atoms with E-state index in [0.717, 1.165) is 28.8 Å². The summed E-state index contributed by atoms with van der Waals surface area (Å²) in [4.78, 5) is 30.4. The number of para-hydroxylation sites is 2. The lowest BCUT2D eigenvalue weighted by atomic mass is 10.1. The summed E-state index contributed by atoms with van der Waals surface area (Å²) in [5.41, 5.74) is 3.49. The van der Waals surface area contributed by atoms with E-state index in [-0.39, 0.29) is 18.4 Å². The molecule has 2 amide bonds. The molecule has 6 nitrogen and oxygen atoms in total. The molecule has 0 spiro atoms. The van der Waals surface area contributed by atoms with Crippen molar-refractivity contribution >= 4 is 28.5 Å². The highest BCUT2D eigenvalue weighted by Gasteiger charge is 2.12. The van der Waals surface area contributed by atoms with Crippen LogP contribution >= 0.6 is 0 Å². The van der Waals surface area contributed by atoms with Gasteiger partial charge in [0.05, 0.1) is 17.5 Å². The minimum Gasteiger partial charge on any atom is -0.349 e. The fourth-order valence-corrected chi connectivity index (χ4v) is 2.95. The maximum atomic E-state index is 12.5. The van der Waals surface area contributed by atoms with E-state index in [2.05, 4.69) is 10.3 Å². The zero-order valence-corrected chi connectivity index (χ0v) is 15.9. The number of likely N-dealkylation sites (N-methyl/N-ethyl adjacent to an activating group) is 1. The van der Waals surface area contributed by atoms with Crippen LogP contribution in [0.2, 0.25) is 0 Å². The van der Waals surface area contributed by atoms with Crippen molar-refractivity contribution in [1.82, 2.24) is 14.5 Å². The van der Waals surface area contributed by atoms with Crippen molar-refractivity contribution in [2.24, 2.45) is 0 Å². The summed E-state index contributed by atoms with van der Waals surface area (Å²) in [6.45, 7) is 2.24. The van der Waals surface area contributed by atoms with Gasteiger partial charge in [-0.3, -0.25) is 9.59 Å². The van der Waals surface area contributed by atoms with Gasteiger partial charge in [0.2, 0.25) is 11.8 Å². The Bertz CT molecular complexity index is 958. The minimum absolute atomic E-state index is 0.0471. The molecule has 1 aromatic heterocycles. The van der Waals surface area contributed by atoms with Gasteiger partial charge in [-0.15, -0.1) is 0 Å². The van der Waals surface area contributed by atoms with Gasteiger partial charge >= 0.3 is 0 Å². The van der Waals surface area contributed by atoms with Crippen molar-refractivity contribution in [3.8, 4) is 0 Å². The Morgan fingerprint density at radius 1 is 1.07 bits per heavy atom.